The maximum Gasteiger partial charge on any atom is 0.301 e. The van der Waals surface area contributed by atoms with Gasteiger partial charge >= 0.3 is 5.91 Å². The van der Waals surface area contributed by atoms with Gasteiger partial charge in [-0.2, -0.15) is 0 Å². The lowest BCUT2D eigenvalue weighted by atomic mass is 9.95. The normalized spacial score (nSPS) is 17.9. The van der Waals surface area contributed by atoms with E-state index in [2.05, 4.69) is 0 Å². The first kappa shape index (κ1) is 20.2. The van der Waals surface area contributed by atoms with Crippen molar-refractivity contribution in [1.82, 2.24) is 4.98 Å². The summed E-state index contributed by atoms with van der Waals surface area (Å²) in [5.74, 6) is -1.59. The minimum atomic E-state index is -0.765. The molecule has 2 heterocycles. The van der Waals surface area contributed by atoms with E-state index in [9.17, 15) is 14.7 Å². The standard InChI is InChI=1S/C26H20N2O3S/c1-15-13-16(2)21-19(14-15)32-26(27-21)28-22(17-9-5-3-6-10-17)20(24(30)25(28)31)23(29)18-11-7-4-8-12-18/h3-14,22,29H,1-2H3/b23-20+/t22-/m1/s1. The van der Waals surface area contributed by atoms with Crippen LogP contribution < -0.4 is 4.90 Å². The molecule has 1 aliphatic heterocycles. The number of nitrogens with zero attached hydrogens (tertiary/aromatic N) is 2. The number of anilines is 1. The van der Waals surface area contributed by atoms with Crippen LogP contribution in [0.4, 0.5) is 5.13 Å². The molecule has 1 saturated heterocycles. The zero-order valence-corrected chi connectivity index (χ0v) is 18.4. The molecule has 32 heavy (non-hydrogen) atoms. The average molecular weight is 441 g/mol. The summed E-state index contributed by atoms with van der Waals surface area (Å²) < 4.78 is 0.953. The van der Waals surface area contributed by atoms with Gasteiger partial charge in [-0.15, -0.1) is 0 Å². The number of rotatable bonds is 3. The first-order valence-electron chi connectivity index (χ1n) is 10.2. The number of ketones is 1. The molecular formula is C26H20N2O3S. The Hall–Kier alpha value is -3.77. The van der Waals surface area contributed by atoms with Crippen LogP contribution in [0.25, 0.3) is 16.0 Å². The van der Waals surface area contributed by atoms with Crippen molar-refractivity contribution < 1.29 is 14.7 Å². The number of aromatic nitrogens is 1. The molecule has 3 aromatic carbocycles. The molecule has 4 aromatic rings. The Bertz CT molecular complexity index is 1390. The lowest BCUT2D eigenvalue weighted by molar-refractivity contribution is -0.132. The molecule has 5 nitrogen and oxygen atoms in total. The Morgan fingerprint density at radius 1 is 0.969 bits per heavy atom. The fraction of sp³-hybridized carbons (Fsp3) is 0.115. The molecule has 1 aromatic heterocycles. The van der Waals surface area contributed by atoms with Gasteiger partial charge < -0.3 is 5.11 Å². The number of Topliss-reactive ketones (excluding diaryl/α,β-unsaturated/α-hetero) is 1. The van der Waals surface area contributed by atoms with Gasteiger partial charge in [-0.05, 0) is 36.6 Å². The zero-order chi connectivity index (χ0) is 22.4. The average Bonchev–Trinajstić information content (AvgIpc) is 3.33. The van der Waals surface area contributed by atoms with E-state index in [0.29, 0.717) is 10.7 Å². The van der Waals surface area contributed by atoms with E-state index in [1.54, 1.807) is 24.3 Å². The van der Waals surface area contributed by atoms with Gasteiger partial charge in [0.2, 0.25) is 0 Å². The van der Waals surface area contributed by atoms with Gasteiger partial charge in [0, 0.05) is 5.56 Å². The molecule has 0 spiro atoms. The lowest BCUT2D eigenvalue weighted by Gasteiger charge is -2.22. The quantitative estimate of drug-likeness (QED) is 0.258. The molecule has 0 aliphatic carbocycles. The number of hydrogen-bond acceptors (Lipinski definition) is 5. The van der Waals surface area contributed by atoms with E-state index in [0.717, 1.165) is 26.9 Å². The summed E-state index contributed by atoms with van der Waals surface area (Å²) >= 11 is 1.37. The fourth-order valence-electron chi connectivity index (χ4n) is 4.19. The lowest BCUT2D eigenvalue weighted by Crippen LogP contribution is -2.29. The zero-order valence-electron chi connectivity index (χ0n) is 17.6. The fourth-order valence-corrected chi connectivity index (χ4v) is 5.36. The molecule has 1 fully saturated rings. The van der Waals surface area contributed by atoms with Crippen LogP contribution in [-0.4, -0.2) is 21.8 Å². The number of carbonyl (C=O) groups is 2. The third-order valence-electron chi connectivity index (χ3n) is 5.63. The molecule has 158 valence electrons. The van der Waals surface area contributed by atoms with Crippen molar-refractivity contribution in [3.05, 3.63) is 101 Å². The number of fused-ring (bicyclic) bond motifs is 1. The monoisotopic (exact) mass is 440 g/mol. The van der Waals surface area contributed by atoms with Crippen LogP contribution in [0.2, 0.25) is 0 Å². The molecular weight excluding hydrogens is 420 g/mol. The summed E-state index contributed by atoms with van der Waals surface area (Å²) in [6, 6.07) is 21.4. The highest BCUT2D eigenvalue weighted by Crippen LogP contribution is 2.44. The minimum absolute atomic E-state index is 0.0690. The van der Waals surface area contributed by atoms with Crippen LogP contribution in [0.3, 0.4) is 0 Å². The van der Waals surface area contributed by atoms with Crippen molar-refractivity contribution in [1.29, 1.82) is 0 Å². The second-order valence-corrected chi connectivity index (χ2v) is 8.88. The van der Waals surface area contributed by atoms with E-state index in [1.807, 2.05) is 62.4 Å². The highest BCUT2D eigenvalue weighted by atomic mass is 32.1. The van der Waals surface area contributed by atoms with Gasteiger partial charge in [-0.3, -0.25) is 14.5 Å². The Kier molecular flexibility index (Phi) is 4.87. The Balaban J connectivity index is 1.74. The van der Waals surface area contributed by atoms with E-state index < -0.39 is 17.7 Å². The second-order valence-electron chi connectivity index (χ2n) is 7.87. The van der Waals surface area contributed by atoms with Crippen LogP contribution in [0.1, 0.15) is 28.3 Å². The third-order valence-corrected chi connectivity index (χ3v) is 6.63. The van der Waals surface area contributed by atoms with Gasteiger partial charge in [-0.25, -0.2) is 4.98 Å². The van der Waals surface area contributed by atoms with E-state index in [4.69, 9.17) is 4.98 Å². The highest BCUT2D eigenvalue weighted by molar-refractivity contribution is 7.22. The molecule has 1 aliphatic rings. The minimum Gasteiger partial charge on any atom is -0.507 e. The van der Waals surface area contributed by atoms with Crippen molar-refractivity contribution in [2.45, 2.75) is 19.9 Å². The molecule has 0 radical (unpaired) electrons. The summed E-state index contributed by atoms with van der Waals surface area (Å²) in [6.07, 6.45) is 0. The Morgan fingerprint density at radius 2 is 1.62 bits per heavy atom. The Labute approximate surface area is 189 Å². The van der Waals surface area contributed by atoms with Gasteiger partial charge in [0.25, 0.3) is 5.78 Å². The molecule has 1 atom stereocenters. The van der Waals surface area contributed by atoms with Crippen molar-refractivity contribution in [2.24, 2.45) is 0 Å². The molecule has 0 saturated carbocycles. The number of aliphatic hydroxyl groups is 1. The van der Waals surface area contributed by atoms with Crippen molar-refractivity contribution in [3.63, 3.8) is 0 Å². The van der Waals surface area contributed by atoms with Crippen molar-refractivity contribution in [3.8, 4) is 0 Å². The molecule has 0 unspecified atom stereocenters. The first-order valence-corrected chi connectivity index (χ1v) is 11.1. The molecule has 5 rings (SSSR count). The summed E-state index contributed by atoms with van der Waals surface area (Å²) in [4.78, 5) is 32.6. The summed E-state index contributed by atoms with van der Waals surface area (Å²) in [6.45, 7) is 4.00. The maximum absolute atomic E-state index is 13.3. The van der Waals surface area contributed by atoms with Gasteiger partial charge in [0.05, 0.1) is 21.8 Å². The van der Waals surface area contributed by atoms with E-state index in [-0.39, 0.29) is 11.3 Å². The van der Waals surface area contributed by atoms with Crippen LogP contribution in [0.15, 0.2) is 78.4 Å². The second kappa shape index (κ2) is 7.73. The summed E-state index contributed by atoms with van der Waals surface area (Å²) in [7, 11) is 0. The summed E-state index contributed by atoms with van der Waals surface area (Å²) in [5, 5.41) is 11.5. The van der Waals surface area contributed by atoms with E-state index in [1.165, 1.54) is 16.2 Å². The third kappa shape index (κ3) is 3.20. The number of carbonyl (C=O) groups excluding carboxylic acids is 2. The predicted molar refractivity (Wildman–Crippen MR) is 127 cm³/mol. The first-order chi connectivity index (χ1) is 15.5. The number of thiazole rings is 1. The van der Waals surface area contributed by atoms with Crippen molar-refractivity contribution in [2.75, 3.05) is 4.90 Å². The topological polar surface area (TPSA) is 70.5 Å². The Morgan fingerprint density at radius 3 is 2.31 bits per heavy atom. The van der Waals surface area contributed by atoms with Crippen LogP contribution >= 0.6 is 11.3 Å². The molecule has 6 heteroatoms. The van der Waals surface area contributed by atoms with E-state index >= 15 is 0 Å². The predicted octanol–water partition coefficient (Wildman–Crippen LogP) is 5.54. The summed E-state index contributed by atoms with van der Waals surface area (Å²) in [5.41, 5.74) is 4.22. The smallest absolute Gasteiger partial charge is 0.301 e. The molecule has 1 N–H and O–H groups in total. The number of benzene rings is 3. The number of aryl methyl sites for hydroxylation is 2. The molecule has 0 bridgehead atoms. The van der Waals surface area contributed by atoms with Gasteiger partial charge in [0.15, 0.2) is 5.13 Å². The maximum atomic E-state index is 13.3. The van der Waals surface area contributed by atoms with Crippen LogP contribution in [-0.2, 0) is 9.59 Å². The number of aliphatic hydroxyl groups excluding tert-OH is 1. The largest absolute Gasteiger partial charge is 0.507 e. The van der Waals surface area contributed by atoms with Gasteiger partial charge in [-0.1, -0.05) is 78.1 Å². The number of amides is 1. The molecule has 1 amide bonds. The van der Waals surface area contributed by atoms with Gasteiger partial charge in [0.1, 0.15) is 5.76 Å². The SMILES string of the molecule is Cc1cc(C)c2nc(N3C(=O)C(=O)/C(=C(/O)c4ccccc4)[C@H]3c3ccccc3)sc2c1. The number of hydrogen-bond donors (Lipinski definition) is 1. The van der Waals surface area contributed by atoms with Crippen LogP contribution in [0, 0.1) is 13.8 Å². The van der Waals surface area contributed by atoms with Crippen molar-refractivity contribution >= 4 is 44.1 Å². The highest BCUT2D eigenvalue weighted by Gasteiger charge is 2.48. The van der Waals surface area contributed by atoms with Crippen LogP contribution in [0.5, 0.6) is 0 Å².